The number of ether oxygens (including phenoxy) is 3. The molecule has 1 fully saturated rings. The van der Waals surface area contributed by atoms with Gasteiger partial charge in [-0.15, -0.1) is 0 Å². The summed E-state index contributed by atoms with van der Waals surface area (Å²) in [5.74, 6) is 0.277. The van der Waals surface area contributed by atoms with Crippen molar-refractivity contribution in [1.29, 1.82) is 0 Å². The number of allylic oxidation sites excluding steroid dienone is 1. The van der Waals surface area contributed by atoms with E-state index in [9.17, 15) is 9.90 Å². The molecule has 2 aliphatic rings. The lowest BCUT2D eigenvalue weighted by Gasteiger charge is -2.33. The third kappa shape index (κ3) is 5.08. The number of carbonyl (C=O) groups is 1. The number of nitrogens with zero attached hydrogens (tertiary/aromatic N) is 1. The summed E-state index contributed by atoms with van der Waals surface area (Å²) >= 11 is 0. The largest absolute Gasteiger partial charge is 0.459 e. The van der Waals surface area contributed by atoms with E-state index in [-0.39, 0.29) is 18.4 Å². The summed E-state index contributed by atoms with van der Waals surface area (Å²) in [5, 5.41) is 9.19. The highest BCUT2D eigenvalue weighted by Crippen LogP contribution is 2.32. The quantitative estimate of drug-likeness (QED) is 0.795. The molecule has 2 aliphatic heterocycles. The first-order valence-corrected chi connectivity index (χ1v) is 10.3. The van der Waals surface area contributed by atoms with Crippen LogP contribution in [-0.2, 0) is 32.2 Å². The molecule has 0 unspecified atom stereocenters. The third-order valence-electron chi connectivity index (χ3n) is 5.44. The number of aliphatic hydroxyl groups is 1. The first-order chi connectivity index (χ1) is 14.7. The van der Waals surface area contributed by atoms with E-state index in [2.05, 4.69) is 12.1 Å². The lowest BCUT2D eigenvalue weighted by molar-refractivity contribution is -0.158. The number of rotatable bonds is 6. The van der Waals surface area contributed by atoms with Gasteiger partial charge in [-0.3, -0.25) is 4.79 Å². The standard InChI is InChI=1S/C24H27NO5/c26-16-18-6-8-19(9-7-18)17-29-23-15-21(20-4-2-1-3-5-20)14-22(30-23)24(27)25-10-12-28-13-11-25/h1-9,14,21,23,26H,10-13,15-17H2/t21-,23+/m1/s1. The Kier molecular flexibility index (Phi) is 6.79. The summed E-state index contributed by atoms with van der Waals surface area (Å²) in [5.41, 5.74) is 2.98. The average molecular weight is 409 g/mol. The summed E-state index contributed by atoms with van der Waals surface area (Å²) in [6.07, 6.45) is 2.04. The van der Waals surface area contributed by atoms with Gasteiger partial charge in [0.1, 0.15) is 0 Å². The zero-order chi connectivity index (χ0) is 20.8. The Bertz CT molecular complexity index is 859. The number of hydrogen-bond donors (Lipinski definition) is 1. The van der Waals surface area contributed by atoms with Crippen LogP contribution in [0.3, 0.4) is 0 Å². The maximum absolute atomic E-state index is 13.0. The van der Waals surface area contributed by atoms with Crippen molar-refractivity contribution in [3.05, 3.63) is 83.1 Å². The molecular formula is C24H27NO5. The van der Waals surface area contributed by atoms with Gasteiger partial charge in [0, 0.05) is 25.4 Å². The van der Waals surface area contributed by atoms with E-state index < -0.39 is 6.29 Å². The normalized spacial score (nSPS) is 21.6. The molecule has 0 aliphatic carbocycles. The zero-order valence-electron chi connectivity index (χ0n) is 16.9. The predicted octanol–water partition coefficient (Wildman–Crippen LogP) is 2.97. The van der Waals surface area contributed by atoms with Crippen LogP contribution in [0.25, 0.3) is 0 Å². The van der Waals surface area contributed by atoms with E-state index in [1.165, 1.54) is 0 Å². The molecule has 0 aromatic heterocycles. The first kappa shape index (κ1) is 20.6. The minimum absolute atomic E-state index is 0.0173. The third-order valence-corrected chi connectivity index (χ3v) is 5.44. The predicted molar refractivity (Wildman–Crippen MR) is 111 cm³/mol. The first-order valence-electron chi connectivity index (χ1n) is 10.3. The molecule has 1 saturated heterocycles. The molecule has 0 spiro atoms. The van der Waals surface area contributed by atoms with Crippen molar-refractivity contribution in [2.75, 3.05) is 26.3 Å². The Labute approximate surface area is 176 Å². The summed E-state index contributed by atoms with van der Waals surface area (Å²) < 4.78 is 17.4. The highest BCUT2D eigenvalue weighted by molar-refractivity contribution is 5.91. The van der Waals surface area contributed by atoms with Crippen molar-refractivity contribution in [3.8, 4) is 0 Å². The molecule has 1 N–H and O–H groups in total. The van der Waals surface area contributed by atoms with Gasteiger partial charge in [0.05, 0.1) is 26.4 Å². The molecule has 30 heavy (non-hydrogen) atoms. The fraction of sp³-hybridized carbons (Fsp3) is 0.375. The number of carbonyl (C=O) groups excluding carboxylic acids is 1. The molecule has 1 amide bonds. The highest BCUT2D eigenvalue weighted by Gasteiger charge is 2.31. The van der Waals surface area contributed by atoms with Crippen LogP contribution in [0.1, 0.15) is 29.0 Å². The summed E-state index contributed by atoms with van der Waals surface area (Å²) in [6.45, 7) is 2.62. The van der Waals surface area contributed by atoms with Crippen LogP contribution in [0.5, 0.6) is 0 Å². The number of morpholine rings is 1. The summed E-state index contributed by atoms with van der Waals surface area (Å²) in [6, 6.07) is 17.7. The van der Waals surface area contributed by atoms with E-state index in [1.807, 2.05) is 48.5 Å². The van der Waals surface area contributed by atoms with Gasteiger partial charge >= 0.3 is 0 Å². The lowest BCUT2D eigenvalue weighted by atomic mass is 9.93. The van der Waals surface area contributed by atoms with E-state index >= 15 is 0 Å². The van der Waals surface area contributed by atoms with Gasteiger partial charge in [-0.25, -0.2) is 0 Å². The van der Waals surface area contributed by atoms with Crippen LogP contribution in [-0.4, -0.2) is 48.5 Å². The minimum atomic E-state index is -0.516. The number of amides is 1. The van der Waals surface area contributed by atoms with E-state index in [1.54, 1.807) is 4.90 Å². The van der Waals surface area contributed by atoms with Crippen LogP contribution in [0.2, 0.25) is 0 Å². The second-order valence-corrected chi connectivity index (χ2v) is 7.52. The maximum atomic E-state index is 13.0. The highest BCUT2D eigenvalue weighted by atomic mass is 16.7. The molecule has 2 aromatic rings. The number of hydrogen-bond acceptors (Lipinski definition) is 5. The van der Waals surface area contributed by atoms with E-state index in [0.29, 0.717) is 45.1 Å². The Hall–Kier alpha value is -2.67. The van der Waals surface area contributed by atoms with Gasteiger partial charge in [0.2, 0.25) is 6.29 Å². The van der Waals surface area contributed by atoms with Crippen LogP contribution >= 0.6 is 0 Å². The Morgan fingerprint density at radius 1 is 1.03 bits per heavy atom. The van der Waals surface area contributed by atoms with Gasteiger partial charge in [0.25, 0.3) is 5.91 Å². The van der Waals surface area contributed by atoms with Gasteiger partial charge < -0.3 is 24.2 Å². The maximum Gasteiger partial charge on any atom is 0.288 e. The smallest absolute Gasteiger partial charge is 0.288 e. The SMILES string of the molecule is O=C(C1=C[C@@H](c2ccccc2)C[C@@H](OCc2ccc(CO)cc2)O1)N1CCOCC1. The topological polar surface area (TPSA) is 68.2 Å². The fourth-order valence-corrected chi connectivity index (χ4v) is 3.70. The van der Waals surface area contributed by atoms with Crippen LogP contribution in [0, 0.1) is 0 Å². The number of aliphatic hydroxyl groups excluding tert-OH is 1. The molecular weight excluding hydrogens is 382 g/mol. The molecule has 2 heterocycles. The van der Waals surface area contributed by atoms with Crippen molar-refractivity contribution in [2.24, 2.45) is 0 Å². The molecule has 6 nitrogen and oxygen atoms in total. The molecule has 2 atom stereocenters. The molecule has 0 bridgehead atoms. The molecule has 0 saturated carbocycles. The van der Waals surface area contributed by atoms with E-state index in [4.69, 9.17) is 14.2 Å². The van der Waals surface area contributed by atoms with Crippen molar-refractivity contribution in [1.82, 2.24) is 4.90 Å². The van der Waals surface area contributed by atoms with Crippen molar-refractivity contribution < 1.29 is 24.1 Å². The van der Waals surface area contributed by atoms with Crippen LogP contribution < -0.4 is 0 Å². The van der Waals surface area contributed by atoms with Crippen LogP contribution in [0.15, 0.2) is 66.4 Å². The summed E-state index contributed by atoms with van der Waals surface area (Å²) in [4.78, 5) is 14.8. The number of benzene rings is 2. The second kappa shape index (κ2) is 9.89. The molecule has 0 radical (unpaired) electrons. The van der Waals surface area contributed by atoms with Gasteiger partial charge in [-0.2, -0.15) is 0 Å². The zero-order valence-corrected chi connectivity index (χ0v) is 16.9. The second-order valence-electron chi connectivity index (χ2n) is 7.52. The Morgan fingerprint density at radius 3 is 2.43 bits per heavy atom. The van der Waals surface area contributed by atoms with E-state index in [0.717, 1.165) is 16.7 Å². The molecule has 6 heteroatoms. The van der Waals surface area contributed by atoms with Gasteiger partial charge in [-0.1, -0.05) is 54.6 Å². The summed E-state index contributed by atoms with van der Waals surface area (Å²) in [7, 11) is 0. The molecule has 158 valence electrons. The fourth-order valence-electron chi connectivity index (χ4n) is 3.70. The van der Waals surface area contributed by atoms with Crippen LogP contribution in [0.4, 0.5) is 0 Å². The lowest BCUT2D eigenvalue weighted by Crippen LogP contribution is -2.43. The van der Waals surface area contributed by atoms with Crippen molar-refractivity contribution in [3.63, 3.8) is 0 Å². The average Bonchev–Trinajstić information content (AvgIpc) is 2.83. The van der Waals surface area contributed by atoms with Gasteiger partial charge in [0.15, 0.2) is 5.76 Å². The van der Waals surface area contributed by atoms with Crippen molar-refractivity contribution >= 4 is 5.91 Å². The molecule has 2 aromatic carbocycles. The van der Waals surface area contributed by atoms with Gasteiger partial charge in [-0.05, 0) is 22.8 Å². The van der Waals surface area contributed by atoms with Crippen molar-refractivity contribution in [2.45, 2.75) is 31.8 Å². The molecule has 4 rings (SSSR count). The minimum Gasteiger partial charge on any atom is -0.459 e. The monoisotopic (exact) mass is 409 g/mol. The Morgan fingerprint density at radius 2 is 1.73 bits per heavy atom. The Balaban J connectivity index is 1.48.